The first-order valence-electron chi connectivity index (χ1n) is 10.9. The van der Waals surface area contributed by atoms with Crippen LogP contribution in [-0.2, 0) is 10.0 Å². The minimum Gasteiger partial charge on any atom is -0.370 e. The van der Waals surface area contributed by atoms with Crippen LogP contribution in [0.1, 0.15) is 45.1 Å². The van der Waals surface area contributed by atoms with Gasteiger partial charge in [0.15, 0.2) is 0 Å². The van der Waals surface area contributed by atoms with Crippen molar-refractivity contribution in [3.8, 4) is 0 Å². The summed E-state index contributed by atoms with van der Waals surface area (Å²) in [5.74, 6) is 0.427. The molecule has 12 heteroatoms. The molecule has 0 radical (unpaired) electrons. The third kappa shape index (κ3) is 4.47. The molecule has 3 aromatic rings. The molecule has 0 unspecified atom stereocenters. The Kier molecular flexibility index (Phi) is 6.54. The van der Waals surface area contributed by atoms with Gasteiger partial charge in [-0.1, -0.05) is 19.1 Å². The Morgan fingerprint density at radius 3 is 2.50 bits per heavy atom. The number of aromatic nitrogens is 2. The van der Waals surface area contributed by atoms with E-state index in [1.54, 1.807) is 25.1 Å². The summed E-state index contributed by atoms with van der Waals surface area (Å²) in [6, 6.07) is 9.21. The second-order valence-electron chi connectivity index (χ2n) is 8.50. The van der Waals surface area contributed by atoms with E-state index in [2.05, 4.69) is 17.2 Å². The minimum atomic E-state index is -3.89. The molecule has 1 saturated heterocycles. The number of anilines is 1. The molecule has 2 aromatic carbocycles. The average Bonchev–Trinajstić information content (AvgIpc) is 3.19. The second kappa shape index (κ2) is 9.26. The van der Waals surface area contributed by atoms with Crippen LogP contribution in [0.2, 0.25) is 0 Å². The van der Waals surface area contributed by atoms with Crippen LogP contribution in [0.25, 0.3) is 11.0 Å². The molecule has 0 bridgehead atoms. The van der Waals surface area contributed by atoms with Crippen molar-refractivity contribution in [2.75, 3.05) is 18.4 Å². The standard InChI is InChI=1S/C22H25F2N5O4S/c1-14-9-11-27(12-10-14)34(32,33)16-7-8-18(20(13-16)29(30)31)25-15(2)21-26-17-5-3-4-6-19(17)28(21)22(23)24/h3-8,13-15,22,25H,9-12H2,1-2H3/t15-/m1/s1. The number of fused-ring (bicyclic) bond motifs is 1. The van der Waals surface area contributed by atoms with Crippen molar-refractivity contribution in [3.63, 3.8) is 0 Å². The fourth-order valence-electron chi connectivity index (χ4n) is 4.19. The molecule has 0 saturated carbocycles. The number of nitro benzene ring substituents is 1. The number of sulfonamides is 1. The van der Waals surface area contributed by atoms with Gasteiger partial charge in [0, 0.05) is 19.2 Å². The lowest BCUT2D eigenvalue weighted by Crippen LogP contribution is -2.37. The molecule has 0 aliphatic carbocycles. The van der Waals surface area contributed by atoms with E-state index >= 15 is 0 Å². The molecule has 0 spiro atoms. The molecule has 1 N–H and O–H groups in total. The van der Waals surface area contributed by atoms with Gasteiger partial charge in [-0.3, -0.25) is 14.7 Å². The van der Waals surface area contributed by atoms with E-state index in [0.717, 1.165) is 23.5 Å². The highest BCUT2D eigenvalue weighted by molar-refractivity contribution is 7.89. The summed E-state index contributed by atoms with van der Waals surface area (Å²) in [4.78, 5) is 15.2. The molecule has 2 heterocycles. The van der Waals surface area contributed by atoms with Crippen LogP contribution in [0, 0.1) is 16.0 Å². The predicted octanol–water partition coefficient (Wildman–Crippen LogP) is 4.93. The van der Waals surface area contributed by atoms with Crippen molar-refractivity contribution in [1.82, 2.24) is 13.9 Å². The minimum absolute atomic E-state index is 0.00429. The summed E-state index contributed by atoms with van der Waals surface area (Å²) < 4.78 is 55.8. The summed E-state index contributed by atoms with van der Waals surface area (Å²) in [7, 11) is -3.89. The Balaban J connectivity index is 1.66. The summed E-state index contributed by atoms with van der Waals surface area (Å²) in [6.45, 7) is 1.47. The van der Waals surface area contributed by atoms with E-state index < -0.39 is 33.2 Å². The molecule has 1 fully saturated rings. The number of halogens is 2. The smallest absolute Gasteiger partial charge is 0.320 e. The fraction of sp³-hybridized carbons (Fsp3) is 0.409. The zero-order chi connectivity index (χ0) is 24.6. The number of piperidine rings is 1. The van der Waals surface area contributed by atoms with Crippen LogP contribution < -0.4 is 5.32 Å². The number of nitro groups is 1. The molecule has 1 atom stereocenters. The number of nitrogens with zero attached hydrogens (tertiary/aromatic N) is 4. The van der Waals surface area contributed by atoms with E-state index in [1.807, 2.05) is 0 Å². The summed E-state index contributed by atoms with van der Waals surface area (Å²) in [5.41, 5.74) is 0.167. The van der Waals surface area contributed by atoms with Crippen molar-refractivity contribution in [1.29, 1.82) is 0 Å². The van der Waals surface area contributed by atoms with E-state index in [4.69, 9.17) is 0 Å². The Morgan fingerprint density at radius 1 is 1.18 bits per heavy atom. The number of alkyl halides is 2. The van der Waals surface area contributed by atoms with Crippen molar-refractivity contribution < 1.29 is 22.1 Å². The van der Waals surface area contributed by atoms with Crippen molar-refractivity contribution in [2.24, 2.45) is 5.92 Å². The molecule has 9 nitrogen and oxygen atoms in total. The van der Waals surface area contributed by atoms with Gasteiger partial charge in [-0.05, 0) is 49.9 Å². The molecule has 1 aromatic heterocycles. The van der Waals surface area contributed by atoms with Gasteiger partial charge in [0.2, 0.25) is 10.0 Å². The highest BCUT2D eigenvalue weighted by Crippen LogP contribution is 2.34. The Hall–Kier alpha value is -3.12. The predicted molar refractivity (Wildman–Crippen MR) is 123 cm³/mol. The highest BCUT2D eigenvalue weighted by atomic mass is 32.2. The number of benzene rings is 2. The monoisotopic (exact) mass is 493 g/mol. The highest BCUT2D eigenvalue weighted by Gasteiger charge is 2.31. The lowest BCUT2D eigenvalue weighted by Gasteiger charge is -2.29. The number of nitrogens with one attached hydrogen (secondary N) is 1. The molecular weight excluding hydrogens is 468 g/mol. The number of rotatable bonds is 7. The lowest BCUT2D eigenvalue weighted by atomic mass is 10.0. The summed E-state index contributed by atoms with van der Waals surface area (Å²) in [6.07, 6.45) is 1.45. The molecule has 34 heavy (non-hydrogen) atoms. The number of hydrogen-bond donors (Lipinski definition) is 1. The third-order valence-electron chi connectivity index (χ3n) is 6.12. The Bertz CT molecular complexity index is 1320. The maximum atomic E-state index is 13.8. The number of hydrogen-bond acceptors (Lipinski definition) is 6. The quantitative estimate of drug-likeness (QED) is 0.369. The molecule has 4 rings (SSSR count). The molecule has 182 valence electrons. The number of imidazole rings is 1. The SMILES string of the molecule is CC1CCN(S(=O)(=O)c2ccc(N[C@H](C)c3nc4ccccc4n3C(F)F)c([N+](=O)[O-])c2)CC1. The Morgan fingerprint density at radius 2 is 1.85 bits per heavy atom. The van der Waals surface area contributed by atoms with Gasteiger partial charge in [-0.2, -0.15) is 13.1 Å². The third-order valence-corrected chi connectivity index (χ3v) is 8.02. The van der Waals surface area contributed by atoms with Crippen molar-refractivity contribution in [2.45, 2.75) is 44.2 Å². The van der Waals surface area contributed by atoms with Gasteiger partial charge in [0.1, 0.15) is 11.5 Å². The summed E-state index contributed by atoms with van der Waals surface area (Å²) in [5, 5.41) is 14.6. The normalized spacial score (nSPS) is 16.7. The molecular formula is C22H25F2N5O4S. The zero-order valence-electron chi connectivity index (χ0n) is 18.7. The van der Waals surface area contributed by atoms with Gasteiger partial charge in [-0.15, -0.1) is 0 Å². The zero-order valence-corrected chi connectivity index (χ0v) is 19.5. The second-order valence-corrected chi connectivity index (χ2v) is 10.4. The van der Waals surface area contributed by atoms with Gasteiger partial charge in [0.05, 0.1) is 26.9 Å². The molecule has 0 amide bonds. The van der Waals surface area contributed by atoms with Crippen LogP contribution in [0.5, 0.6) is 0 Å². The molecule has 1 aliphatic heterocycles. The Labute approximate surface area is 195 Å². The van der Waals surface area contributed by atoms with Crippen molar-refractivity contribution in [3.05, 3.63) is 58.4 Å². The van der Waals surface area contributed by atoms with Gasteiger partial charge < -0.3 is 5.32 Å². The van der Waals surface area contributed by atoms with Crippen LogP contribution in [0.3, 0.4) is 0 Å². The van der Waals surface area contributed by atoms with Gasteiger partial charge in [-0.25, -0.2) is 13.4 Å². The van der Waals surface area contributed by atoms with Crippen LogP contribution in [0.15, 0.2) is 47.4 Å². The average molecular weight is 494 g/mol. The molecule has 1 aliphatic rings. The maximum Gasteiger partial charge on any atom is 0.320 e. The summed E-state index contributed by atoms with van der Waals surface area (Å²) >= 11 is 0. The van der Waals surface area contributed by atoms with Gasteiger partial charge in [0.25, 0.3) is 5.69 Å². The van der Waals surface area contributed by atoms with E-state index in [-0.39, 0.29) is 21.9 Å². The van der Waals surface area contributed by atoms with Crippen LogP contribution >= 0.6 is 0 Å². The topological polar surface area (TPSA) is 110 Å². The first-order valence-corrected chi connectivity index (χ1v) is 12.3. The lowest BCUT2D eigenvalue weighted by molar-refractivity contribution is -0.384. The van der Waals surface area contributed by atoms with E-state index in [9.17, 15) is 27.3 Å². The maximum absolute atomic E-state index is 13.8. The van der Waals surface area contributed by atoms with E-state index in [1.165, 1.54) is 22.5 Å². The van der Waals surface area contributed by atoms with E-state index in [0.29, 0.717) is 24.5 Å². The van der Waals surface area contributed by atoms with Crippen LogP contribution in [0.4, 0.5) is 20.2 Å². The first-order chi connectivity index (χ1) is 16.1. The first kappa shape index (κ1) is 24.0. The van der Waals surface area contributed by atoms with Crippen LogP contribution in [-0.4, -0.2) is 40.3 Å². The largest absolute Gasteiger partial charge is 0.370 e. The fourth-order valence-corrected chi connectivity index (χ4v) is 5.68. The van der Waals surface area contributed by atoms with Gasteiger partial charge >= 0.3 is 6.55 Å². The van der Waals surface area contributed by atoms with Crippen molar-refractivity contribution >= 4 is 32.4 Å². The number of para-hydroxylation sites is 2.